The Balaban J connectivity index is 2.01. The van der Waals surface area contributed by atoms with Crippen LogP contribution in [0.15, 0.2) is 23.3 Å². The van der Waals surface area contributed by atoms with E-state index in [1.54, 1.807) is 0 Å². The number of pyridine rings is 1. The molecule has 0 saturated carbocycles. The summed E-state index contributed by atoms with van der Waals surface area (Å²) in [5.41, 5.74) is 1.26. The number of aliphatic imine (C=N–C) groups is 1. The highest BCUT2D eigenvalue weighted by Gasteiger charge is 2.25. The number of hydrogen-bond donors (Lipinski definition) is 0. The number of aromatic nitrogens is 1. The molecule has 1 atom stereocenters. The minimum absolute atomic E-state index is 0.546. The second kappa shape index (κ2) is 3.17. The molecule has 0 aromatic carbocycles. The van der Waals surface area contributed by atoms with Crippen molar-refractivity contribution >= 4 is 12.0 Å². The molecule has 0 N–H and O–H groups in total. The van der Waals surface area contributed by atoms with Gasteiger partial charge in [0, 0.05) is 30.6 Å². The Morgan fingerprint density at radius 1 is 1.43 bits per heavy atom. The minimum Gasteiger partial charge on any atom is -0.291 e. The van der Waals surface area contributed by atoms with Gasteiger partial charge in [-0.25, -0.2) is 9.98 Å². The lowest BCUT2D eigenvalue weighted by Crippen LogP contribution is -2.28. The maximum atomic E-state index is 4.45. The predicted molar refractivity (Wildman–Crippen MR) is 55.8 cm³/mol. The Bertz CT molecular complexity index is 373. The molecule has 3 rings (SSSR count). The van der Waals surface area contributed by atoms with Crippen LogP contribution in [0.4, 0.5) is 5.82 Å². The van der Waals surface area contributed by atoms with Crippen LogP contribution in [-0.4, -0.2) is 28.7 Å². The molecule has 3 heterocycles. The van der Waals surface area contributed by atoms with Gasteiger partial charge in [0.05, 0.1) is 0 Å². The largest absolute Gasteiger partial charge is 0.291 e. The van der Waals surface area contributed by atoms with Crippen LogP contribution >= 0.6 is 0 Å². The maximum absolute atomic E-state index is 4.45. The number of rotatable bonds is 0. The van der Waals surface area contributed by atoms with Crippen molar-refractivity contribution < 1.29 is 0 Å². The molecule has 3 heteroatoms. The second-order valence-corrected chi connectivity index (χ2v) is 3.94. The molecule has 2 aliphatic heterocycles. The van der Waals surface area contributed by atoms with Gasteiger partial charge in [0.2, 0.25) is 0 Å². The molecule has 14 heavy (non-hydrogen) atoms. The van der Waals surface area contributed by atoms with Crippen LogP contribution in [-0.2, 0) is 6.54 Å². The topological polar surface area (TPSA) is 28.5 Å². The smallest absolute Gasteiger partial charge is 0.155 e. The molecule has 3 nitrogen and oxygen atoms in total. The maximum Gasteiger partial charge on any atom is 0.155 e. The summed E-state index contributed by atoms with van der Waals surface area (Å²) in [6.07, 6.45) is 6.42. The van der Waals surface area contributed by atoms with Gasteiger partial charge in [-0.15, -0.1) is 0 Å². The highest BCUT2D eigenvalue weighted by atomic mass is 15.2. The van der Waals surface area contributed by atoms with Crippen molar-refractivity contribution in [2.75, 3.05) is 6.54 Å². The van der Waals surface area contributed by atoms with Gasteiger partial charge >= 0.3 is 0 Å². The summed E-state index contributed by atoms with van der Waals surface area (Å²) in [5, 5.41) is 0. The molecule has 0 amide bonds. The first-order chi connectivity index (χ1) is 6.93. The van der Waals surface area contributed by atoms with E-state index in [4.69, 9.17) is 0 Å². The molecule has 0 aliphatic carbocycles. The zero-order chi connectivity index (χ0) is 9.38. The normalized spacial score (nSPS) is 25.6. The highest BCUT2D eigenvalue weighted by molar-refractivity contribution is 5.70. The van der Waals surface area contributed by atoms with E-state index in [1.165, 1.54) is 24.9 Å². The van der Waals surface area contributed by atoms with Crippen LogP contribution in [0.1, 0.15) is 18.4 Å². The van der Waals surface area contributed by atoms with E-state index in [9.17, 15) is 0 Å². The Hall–Kier alpha value is -1.22. The van der Waals surface area contributed by atoms with Gasteiger partial charge in [-0.1, -0.05) is 6.07 Å². The zero-order valence-corrected chi connectivity index (χ0v) is 8.06. The van der Waals surface area contributed by atoms with Crippen LogP contribution in [0.2, 0.25) is 0 Å². The van der Waals surface area contributed by atoms with E-state index in [1.807, 2.05) is 12.3 Å². The third kappa shape index (κ3) is 1.24. The molecule has 72 valence electrons. The van der Waals surface area contributed by atoms with Gasteiger partial charge in [0.15, 0.2) is 5.82 Å². The fraction of sp³-hybridized carbons (Fsp3) is 0.455. The van der Waals surface area contributed by atoms with E-state index in [2.05, 4.69) is 27.2 Å². The van der Waals surface area contributed by atoms with Gasteiger partial charge in [-0.05, 0) is 25.5 Å². The Morgan fingerprint density at radius 3 is 3.43 bits per heavy atom. The number of fused-ring (bicyclic) bond motifs is 2. The standard InChI is InChI=1S/C11H13N3/c1-3-9-8-14-6-2-4-10(14)7-13-11(9)12-5-1/h1,3,5,7,10H,2,4,6,8H2. The van der Waals surface area contributed by atoms with Gasteiger partial charge in [0.25, 0.3) is 0 Å². The molecule has 0 spiro atoms. The van der Waals surface area contributed by atoms with Crippen molar-refractivity contribution in [1.82, 2.24) is 9.88 Å². The first-order valence-electron chi connectivity index (χ1n) is 5.15. The molecule has 2 aliphatic rings. The van der Waals surface area contributed by atoms with Crippen LogP contribution < -0.4 is 0 Å². The van der Waals surface area contributed by atoms with E-state index in [0.717, 1.165) is 12.4 Å². The van der Waals surface area contributed by atoms with Crippen molar-refractivity contribution in [1.29, 1.82) is 0 Å². The Kier molecular flexibility index (Phi) is 1.84. The fourth-order valence-corrected chi connectivity index (χ4v) is 2.26. The second-order valence-electron chi connectivity index (χ2n) is 3.94. The summed E-state index contributed by atoms with van der Waals surface area (Å²) in [6.45, 7) is 2.21. The fourth-order valence-electron chi connectivity index (χ4n) is 2.26. The van der Waals surface area contributed by atoms with Crippen molar-refractivity contribution in [2.45, 2.75) is 25.4 Å². The molecular weight excluding hydrogens is 174 g/mol. The third-order valence-electron chi connectivity index (χ3n) is 3.02. The van der Waals surface area contributed by atoms with Crippen LogP contribution in [0.5, 0.6) is 0 Å². The van der Waals surface area contributed by atoms with E-state index >= 15 is 0 Å². The number of nitrogens with zero attached hydrogens (tertiary/aromatic N) is 3. The van der Waals surface area contributed by atoms with Crippen molar-refractivity contribution in [3.8, 4) is 0 Å². The van der Waals surface area contributed by atoms with Gasteiger partial charge < -0.3 is 0 Å². The molecule has 1 fully saturated rings. The predicted octanol–water partition coefficient (Wildman–Crippen LogP) is 1.76. The van der Waals surface area contributed by atoms with Crippen LogP contribution in [0, 0.1) is 0 Å². The van der Waals surface area contributed by atoms with Crippen LogP contribution in [0.3, 0.4) is 0 Å². The molecule has 0 bridgehead atoms. The highest BCUT2D eigenvalue weighted by Crippen LogP contribution is 2.26. The first kappa shape index (κ1) is 8.12. The molecule has 1 unspecified atom stereocenters. The summed E-state index contributed by atoms with van der Waals surface area (Å²) >= 11 is 0. The van der Waals surface area contributed by atoms with Gasteiger partial charge in [0.1, 0.15) is 0 Å². The average molecular weight is 187 g/mol. The van der Waals surface area contributed by atoms with Crippen molar-refractivity contribution in [3.05, 3.63) is 23.9 Å². The summed E-state index contributed by atoms with van der Waals surface area (Å²) in [7, 11) is 0. The Morgan fingerprint density at radius 2 is 2.43 bits per heavy atom. The SMILES string of the molecule is C1=Nc2ncccc2CN2CCCC12. The van der Waals surface area contributed by atoms with E-state index in [-0.39, 0.29) is 0 Å². The molecule has 1 aromatic rings. The van der Waals surface area contributed by atoms with Gasteiger partial charge in [-0.3, -0.25) is 4.90 Å². The minimum atomic E-state index is 0.546. The lowest BCUT2D eigenvalue weighted by molar-refractivity contribution is 0.300. The van der Waals surface area contributed by atoms with Gasteiger partial charge in [-0.2, -0.15) is 0 Å². The molecule has 0 radical (unpaired) electrons. The first-order valence-corrected chi connectivity index (χ1v) is 5.15. The van der Waals surface area contributed by atoms with Crippen LogP contribution in [0.25, 0.3) is 0 Å². The lowest BCUT2D eigenvalue weighted by Gasteiger charge is -2.18. The zero-order valence-electron chi connectivity index (χ0n) is 8.06. The summed E-state index contributed by atoms with van der Waals surface area (Å²) < 4.78 is 0. The third-order valence-corrected chi connectivity index (χ3v) is 3.02. The lowest BCUT2D eigenvalue weighted by atomic mass is 10.2. The number of hydrogen-bond acceptors (Lipinski definition) is 3. The van der Waals surface area contributed by atoms with Crippen molar-refractivity contribution in [3.63, 3.8) is 0 Å². The quantitative estimate of drug-likeness (QED) is 0.619. The van der Waals surface area contributed by atoms with E-state index < -0.39 is 0 Å². The summed E-state index contributed by atoms with van der Waals surface area (Å²) in [6, 6.07) is 4.66. The average Bonchev–Trinajstić information content (AvgIpc) is 2.58. The van der Waals surface area contributed by atoms with E-state index in [0.29, 0.717) is 6.04 Å². The van der Waals surface area contributed by atoms with Crippen molar-refractivity contribution in [2.24, 2.45) is 4.99 Å². The molecule has 1 saturated heterocycles. The summed E-state index contributed by atoms with van der Waals surface area (Å²) in [4.78, 5) is 11.2. The Labute approximate surface area is 83.5 Å². The summed E-state index contributed by atoms with van der Waals surface area (Å²) in [5.74, 6) is 0.905. The monoisotopic (exact) mass is 187 g/mol. The molecular formula is C11H13N3. The molecule has 1 aromatic heterocycles.